The average molecular weight is 342 g/mol. The van der Waals surface area contributed by atoms with Crippen LogP contribution in [-0.4, -0.2) is 42.1 Å². The maximum absolute atomic E-state index is 12.3. The lowest BCUT2D eigenvalue weighted by Crippen LogP contribution is -2.43. The highest BCUT2D eigenvalue weighted by molar-refractivity contribution is 9.10. The average Bonchev–Trinajstić information content (AvgIpc) is 2.55. The van der Waals surface area contributed by atoms with Crippen molar-refractivity contribution >= 4 is 21.8 Å². The Bertz CT molecular complexity index is 469. The zero-order valence-corrected chi connectivity index (χ0v) is 13.2. The predicted molar refractivity (Wildman–Crippen MR) is 80.1 cm³/mol. The zero-order valence-electron chi connectivity index (χ0n) is 11.6. The molecule has 1 fully saturated rings. The molecule has 2 rings (SSSR count). The van der Waals surface area contributed by atoms with Gasteiger partial charge in [-0.3, -0.25) is 9.78 Å². The summed E-state index contributed by atoms with van der Waals surface area (Å²) < 4.78 is 6.01. The molecule has 5 nitrogen and oxygen atoms in total. The number of aromatic nitrogens is 1. The van der Waals surface area contributed by atoms with E-state index in [1.54, 1.807) is 19.5 Å². The summed E-state index contributed by atoms with van der Waals surface area (Å²) in [5.41, 5.74) is 7.28. The van der Waals surface area contributed by atoms with E-state index in [2.05, 4.69) is 20.9 Å². The van der Waals surface area contributed by atoms with Gasteiger partial charge in [-0.15, -0.1) is 0 Å². The smallest absolute Gasteiger partial charge is 0.223 e. The number of halogens is 1. The van der Waals surface area contributed by atoms with Crippen molar-refractivity contribution in [1.82, 2.24) is 9.88 Å². The number of methoxy groups -OCH3 is 1. The summed E-state index contributed by atoms with van der Waals surface area (Å²) in [5.74, 6) is 0.139. The van der Waals surface area contributed by atoms with Crippen molar-refractivity contribution in [3.05, 3.63) is 28.5 Å². The normalized spacial score (nSPS) is 23.8. The SMILES string of the molecule is COCCN1C(=O)CCCC(N)C1c1cncc(Br)c1. The Morgan fingerprint density at radius 3 is 3.05 bits per heavy atom. The van der Waals surface area contributed by atoms with Crippen molar-refractivity contribution in [2.24, 2.45) is 5.73 Å². The monoisotopic (exact) mass is 341 g/mol. The first kappa shape index (κ1) is 15.4. The lowest BCUT2D eigenvalue weighted by molar-refractivity contribution is -0.134. The molecule has 1 aliphatic rings. The van der Waals surface area contributed by atoms with E-state index in [0.717, 1.165) is 22.9 Å². The second-order valence-electron chi connectivity index (χ2n) is 5.02. The minimum atomic E-state index is -0.134. The second kappa shape index (κ2) is 7.15. The fourth-order valence-electron chi connectivity index (χ4n) is 2.65. The molecule has 0 bridgehead atoms. The number of hydrogen-bond acceptors (Lipinski definition) is 4. The Kier molecular flexibility index (Phi) is 5.51. The van der Waals surface area contributed by atoms with Crippen LogP contribution in [0.25, 0.3) is 0 Å². The highest BCUT2D eigenvalue weighted by Crippen LogP contribution is 2.30. The van der Waals surface area contributed by atoms with Gasteiger partial charge >= 0.3 is 0 Å². The predicted octanol–water partition coefficient (Wildman–Crippen LogP) is 1.87. The Labute approximate surface area is 127 Å². The molecule has 0 aliphatic carbocycles. The first-order chi connectivity index (χ1) is 9.63. The van der Waals surface area contributed by atoms with Crippen LogP contribution in [0.1, 0.15) is 30.9 Å². The minimum Gasteiger partial charge on any atom is -0.383 e. The van der Waals surface area contributed by atoms with Gasteiger partial charge in [-0.1, -0.05) is 0 Å². The topological polar surface area (TPSA) is 68.5 Å². The van der Waals surface area contributed by atoms with E-state index >= 15 is 0 Å². The molecule has 0 radical (unpaired) electrons. The van der Waals surface area contributed by atoms with Crippen molar-refractivity contribution < 1.29 is 9.53 Å². The van der Waals surface area contributed by atoms with E-state index < -0.39 is 0 Å². The van der Waals surface area contributed by atoms with E-state index in [4.69, 9.17) is 10.5 Å². The molecule has 110 valence electrons. The molecular weight excluding hydrogens is 322 g/mol. The van der Waals surface area contributed by atoms with Crippen LogP contribution in [0.2, 0.25) is 0 Å². The Morgan fingerprint density at radius 2 is 2.35 bits per heavy atom. The van der Waals surface area contributed by atoms with Gasteiger partial charge in [0.15, 0.2) is 0 Å². The number of pyridine rings is 1. The summed E-state index contributed by atoms with van der Waals surface area (Å²) in [5, 5.41) is 0. The molecular formula is C14H20BrN3O2. The molecule has 2 unspecified atom stereocenters. The fraction of sp³-hybridized carbons (Fsp3) is 0.571. The molecule has 0 aromatic carbocycles. The summed E-state index contributed by atoms with van der Waals surface area (Å²) in [6.07, 6.45) is 5.74. The molecule has 2 atom stereocenters. The van der Waals surface area contributed by atoms with Crippen molar-refractivity contribution in [1.29, 1.82) is 0 Å². The van der Waals surface area contributed by atoms with Crippen molar-refractivity contribution in [3.8, 4) is 0 Å². The molecule has 1 aliphatic heterocycles. The van der Waals surface area contributed by atoms with Crippen LogP contribution in [0.4, 0.5) is 0 Å². The van der Waals surface area contributed by atoms with Crippen LogP contribution in [0.3, 0.4) is 0 Å². The Balaban J connectivity index is 2.32. The van der Waals surface area contributed by atoms with Crippen LogP contribution in [0.5, 0.6) is 0 Å². The number of carbonyl (C=O) groups is 1. The molecule has 1 amide bonds. The quantitative estimate of drug-likeness (QED) is 0.907. The standard InChI is InChI=1S/C14H20BrN3O2/c1-20-6-5-18-13(19)4-2-3-12(16)14(18)10-7-11(15)9-17-8-10/h7-9,12,14H,2-6,16H2,1H3. The highest BCUT2D eigenvalue weighted by atomic mass is 79.9. The Hall–Kier alpha value is -0.980. The third-order valence-electron chi connectivity index (χ3n) is 3.59. The number of likely N-dealkylation sites (tertiary alicyclic amines) is 1. The van der Waals surface area contributed by atoms with Gasteiger partial charge in [0.25, 0.3) is 0 Å². The van der Waals surface area contributed by atoms with Gasteiger partial charge in [-0.2, -0.15) is 0 Å². The lowest BCUT2D eigenvalue weighted by atomic mass is 9.98. The van der Waals surface area contributed by atoms with E-state index in [9.17, 15) is 4.79 Å². The highest BCUT2D eigenvalue weighted by Gasteiger charge is 2.32. The third kappa shape index (κ3) is 3.56. The van der Waals surface area contributed by atoms with Crippen molar-refractivity contribution in [2.45, 2.75) is 31.3 Å². The molecule has 2 N–H and O–H groups in total. The van der Waals surface area contributed by atoms with Gasteiger partial charge < -0.3 is 15.4 Å². The van der Waals surface area contributed by atoms with Gasteiger partial charge in [0, 0.05) is 43.0 Å². The van der Waals surface area contributed by atoms with Crippen molar-refractivity contribution in [3.63, 3.8) is 0 Å². The second-order valence-corrected chi connectivity index (χ2v) is 5.93. The molecule has 2 heterocycles. The third-order valence-corrected chi connectivity index (χ3v) is 4.03. The van der Waals surface area contributed by atoms with E-state index in [0.29, 0.717) is 19.6 Å². The van der Waals surface area contributed by atoms with Crippen LogP contribution >= 0.6 is 15.9 Å². The summed E-state index contributed by atoms with van der Waals surface area (Å²) in [4.78, 5) is 18.3. The molecule has 6 heteroatoms. The molecule has 20 heavy (non-hydrogen) atoms. The first-order valence-electron chi connectivity index (χ1n) is 6.78. The van der Waals surface area contributed by atoms with Crippen LogP contribution in [0, 0.1) is 0 Å². The summed E-state index contributed by atoms with van der Waals surface area (Å²) in [6.45, 7) is 1.07. The van der Waals surface area contributed by atoms with Gasteiger partial charge in [0.05, 0.1) is 12.6 Å². The van der Waals surface area contributed by atoms with Gasteiger partial charge in [0.2, 0.25) is 5.91 Å². The zero-order chi connectivity index (χ0) is 14.5. The fourth-order valence-corrected chi connectivity index (χ4v) is 3.03. The van der Waals surface area contributed by atoms with Gasteiger partial charge in [-0.25, -0.2) is 0 Å². The lowest BCUT2D eigenvalue weighted by Gasteiger charge is -2.33. The maximum Gasteiger partial charge on any atom is 0.223 e. The number of rotatable bonds is 4. The number of nitrogens with zero attached hydrogens (tertiary/aromatic N) is 2. The minimum absolute atomic E-state index is 0.0746. The molecule has 1 aromatic rings. The molecule has 0 spiro atoms. The Morgan fingerprint density at radius 1 is 1.55 bits per heavy atom. The van der Waals surface area contributed by atoms with Gasteiger partial charge in [-0.05, 0) is 40.4 Å². The van der Waals surface area contributed by atoms with Gasteiger partial charge in [0.1, 0.15) is 0 Å². The number of hydrogen-bond donors (Lipinski definition) is 1. The number of nitrogens with two attached hydrogens (primary N) is 1. The molecule has 0 saturated carbocycles. The first-order valence-corrected chi connectivity index (χ1v) is 7.57. The van der Waals surface area contributed by atoms with E-state index in [1.807, 2.05) is 11.0 Å². The van der Waals surface area contributed by atoms with Crippen molar-refractivity contribution in [2.75, 3.05) is 20.3 Å². The summed E-state index contributed by atoms with van der Waals surface area (Å²) >= 11 is 3.42. The van der Waals surface area contributed by atoms with Crippen LogP contribution in [0.15, 0.2) is 22.9 Å². The van der Waals surface area contributed by atoms with E-state index in [-0.39, 0.29) is 18.0 Å². The number of carbonyl (C=O) groups excluding carboxylic acids is 1. The van der Waals surface area contributed by atoms with Crippen LogP contribution < -0.4 is 5.73 Å². The number of amides is 1. The maximum atomic E-state index is 12.3. The molecule has 1 aromatic heterocycles. The summed E-state index contributed by atoms with van der Waals surface area (Å²) in [6, 6.07) is 1.77. The largest absolute Gasteiger partial charge is 0.383 e. The summed E-state index contributed by atoms with van der Waals surface area (Å²) in [7, 11) is 1.64. The molecule has 1 saturated heterocycles. The van der Waals surface area contributed by atoms with Crippen LogP contribution in [-0.2, 0) is 9.53 Å². The van der Waals surface area contributed by atoms with E-state index in [1.165, 1.54) is 0 Å². The number of ether oxygens (including phenoxy) is 1.